The van der Waals surface area contributed by atoms with Crippen molar-refractivity contribution in [2.45, 2.75) is 11.8 Å². The number of aromatic hydroxyl groups is 1. The number of phenols is 1. The van der Waals surface area contributed by atoms with Crippen molar-refractivity contribution in [2.24, 2.45) is 0 Å². The number of hydrogen-bond donors (Lipinski definition) is 3. The molecule has 4 rings (SSSR count). The third-order valence-electron chi connectivity index (χ3n) is 4.54. The zero-order valence-electron chi connectivity index (χ0n) is 16.6. The molecule has 0 aliphatic heterocycles. The molecule has 0 aliphatic rings. The van der Waals surface area contributed by atoms with E-state index in [1.54, 1.807) is 85.1 Å². The minimum absolute atomic E-state index is 0.189. The number of sulfonamides is 1. The van der Waals surface area contributed by atoms with Gasteiger partial charge in [0.2, 0.25) is 5.95 Å². The first kappa shape index (κ1) is 20.4. The Morgan fingerprint density at radius 2 is 1.45 bits per heavy atom. The van der Waals surface area contributed by atoms with Gasteiger partial charge in [0, 0.05) is 23.1 Å². The van der Waals surface area contributed by atoms with Gasteiger partial charge in [0.1, 0.15) is 5.75 Å². The molecule has 0 aliphatic carbocycles. The maximum absolute atomic E-state index is 12.5. The number of phenolic OH excluding ortho intramolecular Hbond substituents is 1. The monoisotopic (exact) mass is 432 g/mol. The number of nitrogens with zero attached hydrogens (tertiary/aromatic N) is 2. The lowest BCUT2D eigenvalue weighted by Gasteiger charge is -2.10. The second-order valence-corrected chi connectivity index (χ2v) is 8.62. The van der Waals surface area contributed by atoms with Gasteiger partial charge >= 0.3 is 0 Å². The molecule has 3 aromatic carbocycles. The van der Waals surface area contributed by atoms with Gasteiger partial charge in [-0.05, 0) is 73.7 Å². The van der Waals surface area contributed by atoms with Crippen LogP contribution in [-0.4, -0.2) is 23.5 Å². The molecule has 156 valence electrons. The summed E-state index contributed by atoms with van der Waals surface area (Å²) < 4.78 is 27.6. The van der Waals surface area contributed by atoms with Crippen molar-refractivity contribution in [3.05, 3.63) is 90.6 Å². The van der Waals surface area contributed by atoms with Gasteiger partial charge in [-0.2, -0.15) is 0 Å². The zero-order chi connectivity index (χ0) is 21.8. The van der Waals surface area contributed by atoms with E-state index in [0.29, 0.717) is 23.0 Å². The SMILES string of the molecule is Cc1ccc(S(=O)(=O)Nc2ccc(Nc3nccc(-c4ccc(O)cc4)n3)cc2)cc1. The summed E-state index contributed by atoms with van der Waals surface area (Å²) in [5.74, 6) is 0.591. The number of benzene rings is 3. The molecule has 0 amide bonds. The van der Waals surface area contributed by atoms with E-state index in [1.165, 1.54) is 0 Å². The van der Waals surface area contributed by atoms with Crippen LogP contribution in [0.15, 0.2) is 90.0 Å². The maximum atomic E-state index is 12.5. The lowest BCUT2D eigenvalue weighted by molar-refractivity contribution is 0.475. The third kappa shape index (κ3) is 4.99. The van der Waals surface area contributed by atoms with Crippen molar-refractivity contribution < 1.29 is 13.5 Å². The minimum atomic E-state index is -3.65. The van der Waals surface area contributed by atoms with Gasteiger partial charge in [-0.25, -0.2) is 18.4 Å². The van der Waals surface area contributed by atoms with Crippen LogP contribution in [-0.2, 0) is 10.0 Å². The van der Waals surface area contributed by atoms with Gasteiger partial charge in [0.25, 0.3) is 10.0 Å². The van der Waals surface area contributed by atoms with E-state index < -0.39 is 10.0 Å². The lowest BCUT2D eigenvalue weighted by atomic mass is 10.1. The molecule has 1 heterocycles. The molecule has 0 atom stereocenters. The van der Waals surface area contributed by atoms with Crippen molar-refractivity contribution in [2.75, 3.05) is 10.0 Å². The van der Waals surface area contributed by atoms with Gasteiger partial charge in [-0.15, -0.1) is 0 Å². The first-order chi connectivity index (χ1) is 14.9. The van der Waals surface area contributed by atoms with Crippen LogP contribution in [0.4, 0.5) is 17.3 Å². The highest BCUT2D eigenvalue weighted by Gasteiger charge is 2.13. The fourth-order valence-corrected chi connectivity index (χ4v) is 3.95. The molecular formula is C23H20N4O3S. The van der Waals surface area contributed by atoms with Gasteiger partial charge in [-0.3, -0.25) is 4.72 Å². The van der Waals surface area contributed by atoms with Crippen molar-refractivity contribution in [3.63, 3.8) is 0 Å². The predicted octanol–water partition coefficient (Wildman–Crippen LogP) is 4.70. The first-order valence-corrected chi connectivity index (χ1v) is 11.0. The molecule has 0 saturated heterocycles. The van der Waals surface area contributed by atoms with E-state index in [1.807, 2.05) is 6.92 Å². The Bertz CT molecular complexity index is 1290. The molecule has 0 fully saturated rings. The quantitative estimate of drug-likeness (QED) is 0.408. The van der Waals surface area contributed by atoms with Crippen LogP contribution in [0.25, 0.3) is 11.3 Å². The van der Waals surface area contributed by atoms with Gasteiger partial charge in [0.05, 0.1) is 10.6 Å². The highest BCUT2D eigenvalue weighted by atomic mass is 32.2. The van der Waals surface area contributed by atoms with Crippen LogP contribution in [0.1, 0.15) is 5.56 Å². The Morgan fingerprint density at radius 3 is 2.13 bits per heavy atom. The summed E-state index contributed by atoms with van der Waals surface area (Å²) in [6, 6.07) is 22.0. The number of anilines is 3. The van der Waals surface area contributed by atoms with Crippen molar-refractivity contribution in [1.82, 2.24) is 9.97 Å². The standard InChI is InChI=1S/C23H20N4O3S/c1-16-2-12-21(13-3-16)31(29,30)27-19-8-6-18(7-9-19)25-23-24-15-14-22(26-23)17-4-10-20(28)11-5-17/h2-15,27-28H,1H3,(H,24,25,26). The van der Waals surface area contributed by atoms with Crippen molar-refractivity contribution >= 4 is 27.3 Å². The Morgan fingerprint density at radius 1 is 0.806 bits per heavy atom. The second-order valence-electron chi connectivity index (χ2n) is 6.93. The largest absolute Gasteiger partial charge is 0.508 e. The highest BCUT2D eigenvalue weighted by Crippen LogP contribution is 2.23. The van der Waals surface area contributed by atoms with Crippen molar-refractivity contribution in [3.8, 4) is 17.0 Å². The average molecular weight is 433 g/mol. The summed E-state index contributed by atoms with van der Waals surface area (Å²) in [4.78, 5) is 8.91. The molecule has 8 heteroatoms. The van der Waals surface area contributed by atoms with Crippen LogP contribution in [0.2, 0.25) is 0 Å². The van der Waals surface area contributed by atoms with Crippen LogP contribution in [0.5, 0.6) is 5.75 Å². The van der Waals surface area contributed by atoms with E-state index in [9.17, 15) is 13.5 Å². The normalized spacial score (nSPS) is 11.1. The topological polar surface area (TPSA) is 104 Å². The maximum Gasteiger partial charge on any atom is 0.261 e. The fourth-order valence-electron chi connectivity index (χ4n) is 2.89. The third-order valence-corrected chi connectivity index (χ3v) is 5.94. The number of aryl methyl sites for hydroxylation is 1. The molecule has 0 radical (unpaired) electrons. The molecule has 31 heavy (non-hydrogen) atoms. The smallest absolute Gasteiger partial charge is 0.261 e. The van der Waals surface area contributed by atoms with Gasteiger partial charge in [0.15, 0.2) is 0 Å². The van der Waals surface area contributed by atoms with Crippen LogP contribution < -0.4 is 10.0 Å². The summed E-state index contributed by atoms with van der Waals surface area (Å²) in [5.41, 5.74) is 3.71. The summed E-state index contributed by atoms with van der Waals surface area (Å²) in [5, 5.41) is 12.5. The van der Waals surface area contributed by atoms with E-state index in [2.05, 4.69) is 20.0 Å². The number of hydrogen-bond acceptors (Lipinski definition) is 6. The molecule has 0 bridgehead atoms. The van der Waals surface area contributed by atoms with E-state index in [-0.39, 0.29) is 10.6 Å². The Balaban J connectivity index is 1.47. The second kappa shape index (κ2) is 8.45. The molecule has 7 nitrogen and oxygen atoms in total. The van der Waals surface area contributed by atoms with E-state index in [0.717, 1.165) is 11.1 Å². The molecular weight excluding hydrogens is 412 g/mol. The number of aromatic nitrogens is 2. The molecule has 0 spiro atoms. The summed E-state index contributed by atoms with van der Waals surface area (Å²) in [6.45, 7) is 1.90. The van der Waals surface area contributed by atoms with Crippen LogP contribution >= 0.6 is 0 Å². The Labute approximate surface area is 180 Å². The van der Waals surface area contributed by atoms with Gasteiger partial charge < -0.3 is 10.4 Å². The number of rotatable bonds is 6. The molecule has 4 aromatic rings. The van der Waals surface area contributed by atoms with Crippen molar-refractivity contribution in [1.29, 1.82) is 0 Å². The predicted molar refractivity (Wildman–Crippen MR) is 121 cm³/mol. The Kier molecular flexibility index (Phi) is 5.55. The molecule has 0 saturated carbocycles. The first-order valence-electron chi connectivity index (χ1n) is 9.48. The highest BCUT2D eigenvalue weighted by molar-refractivity contribution is 7.92. The minimum Gasteiger partial charge on any atom is -0.508 e. The average Bonchev–Trinajstić information content (AvgIpc) is 2.76. The van der Waals surface area contributed by atoms with Gasteiger partial charge in [-0.1, -0.05) is 17.7 Å². The van der Waals surface area contributed by atoms with Crippen LogP contribution in [0, 0.1) is 6.92 Å². The van der Waals surface area contributed by atoms with E-state index >= 15 is 0 Å². The Hall–Kier alpha value is -3.91. The molecule has 0 unspecified atom stereocenters. The molecule has 1 aromatic heterocycles. The summed E-state index contributed by atoms with van der Waals surface area (Å²) in [6.07, 6.45) is 1.64. The fraction of sp³-hybridized carbons (Fsp3) is 0.0435. The van der Waals surface area contributed by atoms with Crippen LogP contribution in [0.3, 0.4) is 0 Å². The zero-order valence-corrected chi connectivity index (χ0v) is 17.5. The summed E-state index contributed by atoms with van der Waals surface area (Å²) in [7, 11) is -3.65. The van der Waals surface area contributed by atoms with E-state index in [4.69, 9.17) is 0 Å². The summed E-state index contributed by atoms with van der Waals surface area (Å²) >= 11 is 0. The molecule has 3 N–H and O–H groups in total. The number of nitrogens with one attached hydrogen (secondary N) is 2. The lowest BCUT2D eigenvalue weighted by Crippen LogP contribution is -2.12.